The third-order valence-electron chi connectivity index (χ3n) is 4.85. The molecule has 0 aliphatic carbocycles. The van der Waals surface area contributed by atoms with Crippen molar-refractivity contribution in [2.45, 2.75) is 49.9 Å². The molecule has 0 spiro atoms. The van der Waals surface area contributed by atoms with Crippen LogP contribution in [0.2, 0.25) is 0 Å². The van der Waals surface area contributed by atoms with Gasteiger partial charge in [-0.25, -0.2) is 9.18 Å². The molecule has 32 heavy (non-hydrogen) atoms. The Morgan fingerprint density at radius 2 is 1.88 bits per heavy atom. The maximum atomic E-state index is 13.0. The van der Waals surface area contributed by atoms with Gasteiger partial charge in [-0.2, -0.15) is 0 Å². The highest BCUT2D eigenvalue weighted by molar-refractivity contribution is 8.00. The second kappa shape index (κ2) is 9.98. The van der Waals surface area contributed by atoms with Gasteiger partial charge in [-0.1, -0.05) is 11.8 Å². The Kier molecular flexibility index (Phi) is 7.33. The van der Waals surface area contributed by atoms with Crippen LogP contribution in [0.3, 0.4) is 0 Å². The summed E-state index contributed by atoms with van der Waals surface area (Å²) in [6.45, 7) is 7.10. The average Bonchev–Trinajstić information content (AvgIpc) is 3.21. The van der Waals surface area contributed by atoms with Crippen LogP contribution in [-0.2, 0) is 20.4 Å². The van der Waals surface area contributed by atoms with E-state index in [0.29, 0.717) is 11.3 Å². The molecule has 2 aromatic rings. The van der Waals surface area contributed by atoms with Gasteiger partial charge in [0.1, 0.15) is 17.0 Å². The van der Waals surface area contributed by atoms with Gasteiger partial charge in [0.2, 0.25) is 0 Å². The van der Waals surface area contributed by atoms with Crippen LogP contribution in [0.4, 0.5) is 4.39 Å². The fraction of sp³-hybridized carbons (Fsp3) is 0.296. The van der Waals surface area contributed by atoms with Gasteiger partial charge >= 0.3 is 5.97 Å². The molecule has 0 N–H and O–H groups in total. The molecule has 0 amide bonds. The molecule has 3 rings (SSSR count). The summed E-state index contributed by atoms with van der Waals surface area (Å²) < 4.78 is 24.3. The first-order valence-electron chi connectivity index (χ1n) is 10.3. The van der Waals surface area contributed by atoms with Gasteiger partial charge in [0.25, 0.3) is 0 Å². The normalized spacial score (nSPS) is 17.2. The predicted molar refractivity (Wildman–Crippen MR) is 127 cm³/mol. The summed E-state index contributed by atoms with van der Waals surface area (Å²) in [4.78, 5) is 13.6. The second-order valence-corrected chi connectivity index (χ2v) is 10.1. The first-order valence-corrected chi connectivity index (χ1v) is 11.6. The maximum Gasteiger partial charge on any atom is 0.345 e. The Labute approximate surface area is 192 Å². The van der Waals surface area contributed by atoms with E-state index < -0.39 is 11.6 Å². The highest BCUT2D eigenvalue weighted by atomic mass is 32.2. The molecule has 1 heterocycles. The van der Waals surface area contributed by atoms with Crippen LogP contribution in [0.15, 0.2) is 52.8 Å². The number of rotatable bonds is 5. The Hall–Kier alpha value is -3.15. The van der Waals surface area contributed by atoms with Gasteiger partial charge in [0.05, 0.1) is 10.9 Å². The molecule has 164 valence electrons. The number of hydrogen-bond acceptors (Lipinski definition) is 3. The van der Waals surface area contributed by atoms with Crippen molar-refractivity contribution in [1.29, 1.82) is 0 Å². The molecule has 2 unspecified atom stereocenters. The molecule has 5 heteroatoms. The number of carbonyl (C=O) groups excluding carboxylic acids is 1. The van der Waals surface area contributed by atoms with E-state index in [1.807, 2.05) is 13.8 Å². The number of halogens is 1. The van der Waals surface area contributed by atoms with Crippen LogP contribution in [-0.4, -0.2) is 23.4 Å². The zero-order valence-corrected chi connectivity index (χ0v) is 19.5. The van der Waals surface area contributed by atoms with E-state index in [0.717, 1.165) is 17.5 Å². The molecule has 2 aromatic carbocycles. The quantitative estimate of drug-likeness (QED) is 0.362. The van der Waals surface area contributed by atoms with E-state index in [-0.39, 0.29) is 28.6 Å². The molecule has 0 aromatic heterocycles. The van der Waals surface area contributed by atoms with Crippen molar-refractivity contribution in [3.8, 4) is 29.9 Å². The van der Waals surface area contributed by atoms with Crippen molar-refractivity contribution in [2.75, 3.05) is 6.61 Å². The molecule has 0 radical (unpaired) electrons. The lowest BCUT2D eigenvalue weighted by atomic mass is 10.1. The average molecular weight is 450 g/mol. The highest BCUT2D eigenvalue weighted by Crippen LogP contribution is 2.33. The van der Waals surface area contributed by atoms with Crippen molar-refractivity contribution < 1.29 is 18.7 Å². The van der Waals surface area contributed by atoms with E-state index in [1.54, 1.807) is 26.0 Å². The minimum absolute atomic E-state index is 0.103. The van der Waals surface area contributed by atoms with Crippen LogP contribution in [0.1, 0.15) is 37.0 Å². The molecule has 0 fully saturated rings. The second-order valence-electron chi connectivity index (χ2n) is 8.05. The van der Waals surface area contributed by atoms with Crippen LogP contribution >= 0.6 is 0 Å². The third kappa shape index (κ3) is 5.96. The number of benzene rings is 2. The van der Waals surface area contributed by atoms with Gasteiger partial charge in [0.15, 0.2) is 22.4 Å². The highest BCUT2D eigenvalue weighted by Gasteiger charge is 2.34. The van der Waals surface area contributed by atoms with Crippen molar-refractivity contribution >= 4 is 16.9 Å². The van der Waals surface area contributed by atoms with Gasteiger partial charge in [-0.05, 0) is 75.1 Å². The molecule has 3 nitrogen and oxygen atoms in total. The third-order valence-corrected chi connectivity index (χ3v) is 7.05. The Morgan fingerprint density at radius 1 is 1.22 bits per heavy atom. The van der Waals surface area contributed by atoms with Crippen molar-refractivity contribution in [2.24, 2.45) is 0 Å². The molecule has 2 atom stereocenters. The lowest BCUT2D eigenvalue weighted by Crippen LogP contribution is -2.29. The number of carbonyl (C=O) groups is 1. The maximum absolute atomic E-state index is 13.0. The largest absolute Gasteiger partial charge is 0.481 e. The molecule has 0 saturated carbocycles. The van der Waals surface area contributed by atoms with E-state index in [4.69, 9.17) is 15.9 Å². The van der Waals surface area contributed by atoms with Crippen LogP contribution in [0, 0.1) is 43.8 Å². The monoisotopic (exact) mass is 449 g/mol. The van der Waals surface area contributed by atoms with Gasteiger partial charge < -0.3 is 9.47 Å². The van der Waals surface area contributed by atoms with E-state index in [1.165, 1.54) is 17.0 Å². The summed E-state index contributed by atoms with van der Waals surface area (Å²) in [7, 11) is -0.103. The number of terminal acetylenes is 1. The lowest BCUT2D eigenvalue weighted by Gasteiger charge is -2.19. The van der Waals surface area contributed by atoms with Crippen LogP contribution < -0.4 is 4.74 Å². The van der Waals surface area contributed by atoms with Gasteiger partial charge in [0, 0.05) is 24.1 Å². The first-order chi connectivity index (χ1) is 15.2. The SMILES string of the molecule is C#CC1CC=C[S+]1c1cc(C)c(OCC(=O)OC(C)(C)C#Cc2ccc(F)cc2)c(C)c1. The van der Waals surface area contributed by atoms with Crippen molar-refractivity contribution in [3.05, 3.63) is 70.4 Å². The molecular formula is C27H26FO3S+. The smallest absolute Gasteiger partial charge is 0.345 e. The minimum Gasteiger partial charge on any atom is -0.481 e. The summed E-state index contributed by atoms with van der Waals surface area (Å²) in [6, 6.07) is 9.98. The summed E-state index contributed by atoms with van der Waals surface area (Å²) in [5.41, 5.74) is 1.53. The first kappa shape index (κ1) is 23.5. The minimum atomic E-state index is -1.01. The summed E-state index contributed by atoms with van der Waals surface area (Å²) in [6.07, 6.45) is 8.72. The van der Waals surface area contributed by atoms with Crippen molar-refractivity contribution in [3.63, 3.8) is 0 Å². The summed E-state index contributed by atoms with van der Waals surface area (Å²) in [5, 5.41) is 2.39. The van der Waals surface area contributed by atoms with E-state index >= 15 is 0 Å². The molecule has 1 aliphatic rings. The fourth-order valence-electron chi connectivity index (χ4n) is 3.37. The Balaban J connectivity index is 1.62. The molecular weight excluding hydrogens is 423 g/mol. The Morgan fingerprint density at radius 3 is 2.50 bits per heavy atom. The number of ether oxygens (including phenoxy) is 2. The summed E-state index contributed by atoms with van der Waals surface area (Å²) >= 11 is 0. The zero-order valence-electron chi connectivity index (χ0n) is 18.7. The summed E-state index contributed by atoms with van der Waals surface area (Å²) in [5.74, 6) is 8.51. The van der Waals surface area contributed by atoms with Crippen LogP contribution in [0.5, 0.6) is 5.75 Å². The van der Waals surface area contributed by atoms with Gasteiger partial charge in [-0.15, -0.1) is 6.42 Å². The molecule has 0 bridgehead atoms. The van der Waals surface area contributed by atoms with Gasteiger partial charge in [-0.3, -0.25) is 0 Å². The lowest BCUT2D eigenvalue weighted by molar-refractivity contribution is -0.154. The standard InChI is InChI=1S/C27H26FO3S/c1-6-23-8-7-15-32(23)24-16-19(2)26(20(3)17-24)30-18-25(29)31-27(4,5)14-13-21-9-11-22(28)12-10-21/h1,7,9-12,15-17,23H,8,18H2,2-5H3/q+1. The topological polar surface area (TPSA) is 35.5 Å². The van der Waals surface area contributed by atoms with Crippen LogP contribution in [0.25, 0.3) is 0 Å². The number of aryl methyl sites for hydroxylation is 2. The number of hydrogen-bond donors (Lipinski definition) is 0. The fourth-order valence-corrected chi connectivity index (χ4v) is 5.45. The molecule has 1 aliphatic heterocycles. The predicted octanol–water partition coefficient (Wildman–Crippen LogP) is 5.09. The zero-order chi connectivity index (χ0) is 23.3. The van der Waals surface area contributed by atoms with E-state index in [9.17, 15) is 9.18 Å². The molecule has 0 saturated heterocycles. The van der Waals surface area contributed by atoms with E-state index in [2.05, 4.69) is 41.4 Å². The number of esters is 1. The number of allylic oxidation sites excluding steroid dienone is 1. The van der Waals surface area contributed by atoms with Crippen molar-refractivity contribution in [1.82, 2.24) is 0 Å². The Bertz CT molecular complexity index is 1110.